The Kier molecular flexibility index (Phi) is 4.90. The van der Waals surface area contributed by atoms with E-state index in [1.807, 2.05) is 0 Å². The molecule has 1 saturated carbocycles. The molecule has 19 heavy (non-hydrogen) atoms. The number of thiocarbonyl (C=S) groups is 1. The summed E-state index contributed by atoms with van der Waals surface area (Å²) in [6.45, 7) is 0. The lowest BCUT2D eigenvalue weighted by Crippen LogP contribution is -2.41. The smallest absolute Gasteiger partial charge is 0.250 e. The van der Waals surface area contributed by atoms with Crippen molar-refractivity contribution >= 4 is 66.1 Å². The van der Waals surface area contributed by atoms with Gasteiger partial charge >= 0.3 is 0 Å². The van der Waals surface area contributed by atoms with Gasteiger partial charge in [0.05, 0.1) is 13.8 Å². The highest BCUT2D eigenvalue weighted by Crippen LogP contribution is 2.35. The molecule has 0 spiro atoms. The van der Waals surface area contributed by atoms with E-state index in [2.05, 4.69) is 20.7 Å². The number of hydrogen-bond donors (Lipinski definition) is 2. The van der Waals surface area contributed by atoms with Gasteiger partial charge in [-0.05, 0) is 34.8 Å². The predicted octanol–water partition coefficient (Wildman–Crippen LogP) is 2.90. The summed E-state index contributed by atoms with van der Waals surface area (Å²) in [5.41, 5.74) is 5.64. The second kappa shape index (κ2) is 5.95. The van der Waals surface area contributed by atoms with Crippen molar-refractivity contribution in [2.45, 2.75) is 29.5 Å². The van der Waals surface area contributed by atoms with Crippen molar-refractivity contribution in [3.05, 3.63) is 14.9 Å². The molecule has 106 valence electrons. The van der Waals surface area contributed by atoms with Gasteiger partial charge in [0.2, 0.25) is 10.0 Å². The summed E-state index contributed by atoms with van der Waals surface area (Å²) in [7, 11) is -3.57. The van der Waals surface area contributed by atoms with Crippen LogP contribution in [-0.2, 0) is 10.0 Å². The van der Waals surface area contributed by atoms with Gasteiger partial charge in [-0.3, -0.25) is 0 Å². The van der Waals surface area contributed by atoms with E-state index in [0.717, 1.165) is 30.6 Å². The highest BCUT2D eigenvalue weighted by molar-refractivity contribution is 9.11. The molecule has 0 saturated heterocycles. The van der Waals surface area contributed by atoms with E-state index in [-0.39, 0.29) is 16.2 Å². The summed E-state index contributed by atoms with van der Waals surface area (Å²) in [6.07, 6.45) is 2.50. The van der Waals surface area contributed by atoms with Crippen LogP contribution in [0.3, 0.4) is 0 Å². The predicted molar refractivity (Wildman–Crippen MR) is 85.3 cm³/mol. The zero-order valence-corrected chi connectivity index (χ0v) is 14.5. The Labute approximate surface area is 134 Å². The Morgan fingerprint density at radius 1 is 1.58 bits per heavy atom. The molecule has 0 aromatic carbocycles. The molecule has 0 radical (unpaired) electrons. The van der Waals surface area contributed by atoms with Gasteiger partial charge in [0.1, 0.15) is 4.21 Å². The van der Waals surface area contributed by atoms with E-state index in [4.69, 9.17) is 29.6 Å². The minimum atomic E-state index is -3.57. The molecule has 1 heterocycles. The molecule has 2 rings (SSSR count). The van der Waals surface area contributed by atoms with E-state index in [9.17, 15) is 8.42 Å². The fourth-order valence-electron chi connectivity index (χ4n) is 2.16. The molecule has 1 fully saturated rings. The van der Waals surface area contributed by atoms with Crippen LogP contribution in [-0.4, -0.2) is 19.4 Å². The number of thiophene rings is 1. The quantitative estimate of drug-likeness (QED) is 0.758. The first-order valence-electron chi connectivity index (χ1n) is 5.58. The highest BCUT2D eigenvalue weighted by atomic mass is 79.9. The van der Waals surface area contributed by atoms with Crippen molar-refractivity contribution in [2.75, 3.05) is 0 Å². The number of rotatable bonds is 4. The van der Waals surface area contributed by atoms with Crippen LogP contribution in [0.5, 0.6) is 0 Å². The Balaban J connectivity index is 2.20. The summed E-state index contributed by atoms with van der Waals surface area (Å²) in [6, 6.07) is 1.21. The molecule has 0 aliphatic heterocycles. The molecule has 3 N–H and O–H groups in total. The Hall–Kier alpha value is 0.270. The highest BCUT2D eigenvalue weighted by Gasteiger charge is 2.33. The Morgan fingerprint density at radius 2 is 2.26 bits per heavy atom. The molecule has 2 atom stereocenters. The van der Waals surface area contributed by atoms with Gasteiger partial charge in [0.25, 0.3) is 0 Å². The average molecular weight is 404 g/mol. The Morgan fingerprint density at radius 3 is 2.79 bits per heavy atom. The molecular weight excluding hydrogens is 392 g/mol. The summed E-state index contributed by atoms with van der Waals surface area (Å²) < 4.78 is 28.0. The number of halogens is 2. The van der Waals surface area contributed by atoms with Gasteiger partial charge in [-0.25, -0.2) is 13.1 Å². The largest absolute Gasteiger partial charge is 0.393 e. The van der Waals surface area contributed by atoms with Crippen LogP contribution in [0.1, 0.15) is 19.3 Å². The molecule has 1 aliphatic carbocycles. The van der Waals surface area contributed by atoms with Crippen molar-refractivity contribution in [3.8, 4) is 0 Å². The van der Waals surface area contributed by atoms with Crippen LogP contribution in [0.4, 0.5) is 0 Å². The van der Waals surface area contributed by atoms with Gasteiger partial charge in [0.15, 0.2) is 0 Å². The fraction of sp³-hybridized carbons (Fsp3) is 0.500. The molecule has 2 unspecified atom stereocenters. The first-order chi connectivity index (χ1) is 8.81. The molecular formula is C10H12BrClN2O2S3. The van der Waals surface area contributed by atoms with Crippen molar-refractivity contribution in [3.63, 3.8) is 0 Å². The molecule has 4 nitrogen and oxygen atoms in total. The maximum absolute atomic E-state index is 12.3. The van der Waals surface area contributed by atoms with E-state index in [1.165, 1.54) is 6.07 Å². The fourth-order valence-corrected chi connectivity index (χ4v) is 6.17. The van der Waals surface area contributed by atoms with Gasteiger partial charge in [-0.15, -0.1) is 11.3 Å². The zero-order chi connectivity index (χ0) is 14.2. The molecule has 0 bridgehead atoms. The standard InChI is InChI=1S/C10H12BrClN2O2S3/c11-9-6(12)4-8(18-9)19(15,16)14-7-3-1-2-5(7)10(13)17/h4-5,7,14H,1-3H2,(H2,13,17). The topological polar surface area (TPSA) is 72.2 Å². The average Bonchev–Trinajstić information content (AvgIpc) is 2.87. The van der Waals surface area contributed by atoms with Crippen molar-refractivity contribution in [2.24, 2.45) is 11.7 Å². The minimum Gasteiger partial charge on any atom is -0.393 e. The van der Waals surface area contributed by atoms with Gasteiger partial charge in [-0.1, -0.05) is 30.2 Å². The van der Waals surface area contributed by atoms with E-state index < -0.39 is 10.0 Å². The van der Waals surface area contributed by atoms with Crippen LogP contribution < -0.4 is 10.5 Å². The van der Waals surface area contributed by atoms with Crippen molar-refractivity contribution < 1.29 is 8.42 Å². The monoisotopic (exact) mass is 402 g/mol. The number of nitrogens with two attached hydrogens (primary N) is 1. The lowest BCUT2D eigenvalue weighted by molar-refractivity contribution is 0.526. The van der Waals surface area contributed by atoms with Crippen LogP contribution in [0.15, 0.2) is 14.1 Å². The van der Waals surface area contributed by atoms with E-state index in [0.29, 0.717) is 13.8 Å². The number of hydrogen-bond acceptors (Lipinski definition) is 4. The summed E-state index contributed by atoms with van der Waals surface area (Å²) in [5, 5.41) is 0.391. The Bertz CT molecular complexity index is 582. The van der Waals surface area contributed by atoms with Crippen molar-refractivity contribution in [1.82, 2.24) is 4.72 Å². The lowest BCUT2D eigenvalue weighted by atomic mass is 10.1. The number of sulfonamides is 1. The maximum atomic E-state index is 12.3. The molecule has 0 amide bonds. The third kappa shape index (κ3) is 3.48. The van der Waals surface area contributed by atoms with Gasteiger partial charge < -0.3 is 5.73 Å². The third-order valence-electron chi connectivity index (χ3n) is 3.08. The van der Waals surface area contributed by atoms with Crippen LogP contribution in [0.25, 0.3) is 0 Å². The second-order valence-electron chi connectivity index (χ2n) is 4.35. The van der Waals surface area contributed by atoms with E-state index in [1.54, 1.807) is 0 Å². The van der Waals surface area contributed by atoms with Crippen molar-refractivity contribution in [1.29, 1.82) is 0 Å². The van der Waals surface area contributed by atoms with Crippen LogP contribution in [0.2, 0.25) is 5.02 Å². The second-order valence-corrected chi connectivity index (χ2v) is 9.54. The molecule has 1 aromatic heterocycles. The summed E-state index contributed by atoms with van der Waals surface area (Å²) in [4.78, 5) is 0.371. The van der Waals surface area contributed by atoms with Crippen LogP contribution >= 0.6 is 51.1 Å². The third-order valence-corrected chi connectivity index (χ3v) is 7.82. The van der Waals surface area contributed by atoms with Gasteiger partial charge in [0, 0.05) is 12.0 Å². The lowest BCUT2D eigenvalue weighted by Gasteiger charge is -2.19. The zero-order valence-electron chi connectivity index (χ0n) is 9.73. The number of nitrogens with one attached hydrogen (secondary N) is 1. The summed E-state index contributed by atoms with van der Waals surface area (Å²) in [5.74, 6) is -0.0661. The van der Waals surface area contributed by atoms with Crippen LogP contribution in [0, 0.1) is 5.92 Å². The SMILES string of the molecule is NC(=S)C1CCCC1NS(=O)(=O)c1cc(Cl)c(Br)s1. The summed E-state index contributed by atoms with van der Waals surface area (Å²) >= 11 is 15.1. The molecule has 1 aliphatic rings. The maximum Gasteiger partial charge on any atom is 0.250 e. The normalized spacial score (nSPS) is 23.7. The molecule has 9 heteroatoms. The first-order valence-corrected chi connectivity index (χ1v) is 9.45. The van der Waals surface area contributed by atoms with E-state index >= 15 is 0 Å². The molecule has 1 aromatic rings. The first kappa shape index (κ1) is 15.7. The van der Waals surface area contributed by atoms with Gasteiger partial charge in [-0.2, -0.15) is 0 Å². The minimum absolute atomic E-state index is 0.0661.